The van der Waals surface area contributed by atoms with Gasteiger partial charge in [-0.25, -0.2) is 0 Å². The summed E-state index contributed by atoms with van der Waals surface area (Å²) >= 11 is 0. The standard InChI is InChI=1S/C17H19NO4/c1-20-13-8-9-16(22-3)14(10-13)17(19)18-11-12-6-4-5-7-15(12)21-2/h4-10H,11H2,1-3H3,(H,18,19). The monoisotopic (exact) mass is 301 g/mol. The summed E-state index contributed by atoms with van der Waals surface area (Å²) in [5.41, 5.74) is 1.33. The zero-order valence-corrected chi connectivity index (χ0v) is 12.9. The van der Waals surface area contributed by atoms with Crippen LogP contribution in [0.3, 0.4) is 0 Å². The van der Waals surface area contributed by atoms with Crippen LogP contribution in [0.2, 0.25) is 0 Å². The first-order valence-corrected chi connectivity index (χ1v) is 6.81. The van der Waals surface area contributed by atoms with Crippen molar-refractivity contribution < 1.29 is 19.0 Å². The Balaban J connectivity index is 2.15. The minimum atomic E-state index is -0.235. The summed E-state index contributed by atoms with van der Waals surface area (Å²) in [6, 6.07) is 12.6. The lowest BCUT2D eigenvalue weighted by atomic mass is 10.1. The van der Waals surface area contributed by atoms with Crippen LogP contribution in [0.1, 0.15) is 15.9 Å². The number of benzene rings is 2. The molecule has 2 aromatic carbocycles. The average Bonchev–Trinajstić information content (AvgIpc) is 2.59. The Morgan fingerprint density at radius 2 is 1.68 bits per heavy atom. The molecule has 22 heavy (non-hydrogen) atoms. The van der Waals surface area contributed by atoms with E-state index >= 15 is 0 Å². The van der Waals surface area contributed by atoms with Crippen molar-refractivity contribution in [3.8, 4) is 17.2 Å². The van der Waals surface area contributed by atoms with Gasteiger partial charge in [-0.05, 0) is 24.3 Å². The van der Waals surface area contributed by atoms with Crippen LogP contribution in [-0.2, 0) is 6.54 Å². The normalized spacial score (nSPS) is 9.95. The molecule has 0 spiro atoms. The number of ether oxygens (including phenoxy) is 3. The molecule has 0 heterocycles. The topological polar surface area (TPSA) is 56.8 Å². The minimum absolute atomic E-state index is 0.235. The van der Waals surface area contributed by atoms with Crippen LogP contribution in [0.15, 0.2) is 42.5 Å². The molecule has 0 saturated carbocycles. The number of hydrogen-bond acceptors (Lipinski definition) is 4. The zero-order chi connectivity index (χ0) is 15.9. The highest BCUT2D eigenvalue weighted by Crippen LogP contribution is 2.24. The van der Waals surface area contributed by atoms with E-state index in [1.54, 1.807) is 32.4 Å². The number of para-hydroxylation sites is 1. The molecule has 5 heteroatoms. The van der Waals surface area contributed by atoms with Gasteiger partial charge < -0.3 is 19.5 Å². The summed E-state index contributed by atoms with van der Waals surface area (Å²) in [6.45, 7) is 0.364. The molecule has 2 rings (SSSR count). The third kappa shape index (κ3) is 3.49. The highest BCUT2D eigenvalue weighted by Gasteiger charge is 2.14. The van der Waals surface area contributed by atoms with Gasteiger partial charge >= 0.3 is 0 Å². The molecule has 0 fully saturated rings. The third-order valence-corrected chi connectivity index (χ3v) is 3.28. The summed E-state index contributed by atoms with van der Waals surface area (Å²) in [5.74, 6) is 1.60. The van der Waals surface area contributed by atoms with E-state index in [9.17, 15) is 4.79 Å². The molecule has 1 amide bonds. The summed E-state index contributed by atoms with van der Waals surface area (Å²) in [5, 5.41) is 2.86. The molecule has 0 aliphatic carbocycles. The van der Waals surface area contributed by atoms with Crippen LogP contribution in [0.25, 0.3) is 0 Å². The van der Waals surface area contributed by atoms with E-state index in [0.29, 0.717) is 23.6 Å². The summed E-state index contributed by atoms with van der Waals surface area (Å²) in [6.07, 6.45) is 0. The Hall–Kier alpha value is -2.69. The predicted octanol–water partition coefficient (Wildman–Crippen LogP) is 2.64. The van der Waals surface area contributed by atoms with E-state index in [4.69, 9.17) is 14.2 Å². The quantitative estimate of drug-likeness (QED) is 0.891. The third-order valence-electron chi connectivity index (χ3n) is 3.28. The van der Waals surface area contributed by atoms with Crippen LogP contribution in [-0.4, -0.2) is 27.2 Å². The zero-order valence-electron chi connectivity index (χ0n) is 12.9. The fraction of sp³-hybridized carbons (Fsp3) is 0.235. The molecule has 0 saturated heterocycles. The highest BCUT2D eigenvalue weighted by molar-refractivity contribution is 5.97. The molecule has 2 aromatic rings. The van der Waals surface area contributed by atoms with Gasteiger partial charge in [0.1, 0.15) is 17.2 Å². The average molecular weight is 301 g/mol. The van der Waals surface area contributed by atoms with Gasteiger partial charge in [0.05, 0.1) is 26.9 Å². The summed E-state index contributed by atoms with van der Waals surface area (Å²) < 4.78 is 15.6. The second-order valence-corrected chi connectivity index (χ2v) is 4.56. The molecule has 0 atom stereocenters. The maximum absolute atomic E-state index is 12.4. The van der Waals surface area contributed by atoms with Crippen LogP contribution >= 0.6 is 0 Å². The van der Waals surface area contributed by atoms with E-state index in [-0.39, 0.29) is 5.91 Å². The van der Waals surface area contributed by atoms with Crippen molar-refractivity contribution in [3.05, 3.63) is 53.6 Å². The van der Waals surface area contributed by atoms with Crippen molar-refractivity contribution >= 4 is 5.91 Å². The minimum Gasteiger partial charge on any atom is -0.497 e. The Morgan fingerprint density at radius 1 is 0.955 bits per heavy atom. The van der Waals surface area contributed by atoms with Gasteiger partial charge in [0.2, 0.25) is 0 Å². The van der Waals surface area contributed by atoms with Crippen LogP contribution in [0, 0.1) is 0 Å². The molecular weight excluding hydrogens is 282 g/mol. The lowest BCUT2D eigenvalue weighted by molar-refractivity contribution is 0.0947. The first-order valence-electron chi connectivity index (χ1n) is 6.81. The molecule has 0 bridgehead atoms. The fourth-order valence-electron chi connectivity index (χ4n) is 2.11. The van der Waals surface area contributed by atoms with Gasteiger partial charge in [0, 0.05) is 12.1 Å². The Kier molecular flexibility index (Phi) is 5.25. The smallest absolute Gasteiger partial charge is 0.255 e. The fourth-order valence-corrected chi connectivity index (χ4v) is 2.11. The number of hydrogen-bond donors (Lipinski definition) is 1. The summed E-state index contributed by atoms with van der Waals surface area (Å²) in [4.78, 5) is 12.4. The SMILES string of the molecule is COc1ccc(OC)c(C(=O)NCc2ccccc2OC)c1. The molecule has 0 unspecified atom stereocenters. The Labute approximate surface area is 129 Å². The van der Waals surface area contributed by atoms with Crippen molar-refractivity contribution in [1.82, 2.24) is 5.32 Å². The molecule has 0 aromatic heterocycles. The van der Waals surface area contributed by atoms with Crippen LogP contribution in [0.4, 0.5) is 0 Å². The molecule has 0 aliphatic rings. The number of carbonyl (C=O) groups is 1. The Morgan fingerprint density at radius 3 is 2.36 bits per heavy atom. The lowest BCUT2D eigenvalue weighted by Gasteiger charge is -2.12. The number of carbonyl (C=O) groups excluding carboxylic acids is 1. The molecule has 0 radical (unpaired) electrons. The van der Waals surface area contributed by atoms with Crippen molar-refractivity contribution in [2.24, 2.45) is 0 Å². The van der Waals surface area contributed by atoms with Crippen molar-refractivity contribution in [1.29, 1.82) is 0 Å². The lowest BCUT2D eigenvalue weighted by Crippen LogP contribution is -2.23. The highest BCUT2D eigenvalue weighted by atomic mass is 16.5. The van der Waals surface area contributed by atoms with Crippen molar-refractivity contribution in [2.45, 2.75) is 6.54 Å². The van der Waals surface area contributed by atoms with Crippen LogP contribution < -0.4 is 19.5 Å². The maximum Gasteiger partial charge on any atom is 0.255 e. The Bertz CT molecular complexity index is 655. The largest absolute Gasteiger partial charge is 0.497 e. The van der Waals surface area contributed by atoms with Gasteiger partial charge in [-0.15, -0.1) is 0 Å². The van der Waals surface area contributed by atoms with Crippen LogP contribution in [0.5, 0.6) is 17.2 Å². The van der Waals surface area contributed by atoms with Gasteiger partial charge in [-0.2, -0.15) is 0 Å². The molecule has 1 N–H and O–H groups in total. The van der Waals surface area contributed by atoms with E-state index in [1.165, 1.54) is 7.11 Å². The number of nitrogens with one attached hydrogen (secondary N) is 1. The number of rotatable bonds is 6. The molecule has 116 valence electrons. The second kappa shape index (κ2) is 7.36. The van der Waals surface area contributed by atoms with Gasteiger partial charge in [-0.3, -0.25) is 4.79 Å². The van der Waals surface area contributed by atoms with Crippen molar-refractivity contribution in [3.63, 3.8) is 0 Å². The first kappa shape index (κ1) is 15.7. The maximum atomic E-state index is 12.4. The van der Waals surface area contributed by atoms with Gasteiger partial charge in [0.15, 0.2) is 0 Å². The van der Waals surface area contributed by atoms with E-state index < -0.39 is 0 Å². The molecular formula is C17H19NO4. The van der Waals surface area contributed by atoms with E-state index in [0.717, 1.165) is 11.3 Å². The number of amides is 1. The second-order valence-electron chi connectivity index (χ2n) is 4.56. The van der Waals surface area contributed by atoms with Crippen molar-refractivity contribution in [2.75, 3.05) is 21.3 Å². The first-order chi connectivity index (χ1) is 10.7. The molecule has 5 nitrogen and oxygen atoms in total. The predicted molar refractivity (Wildman–Crippen MR) is 83.7 cm³/mol. The molecule has 0 aliphatic heterocycles. The van der Waals surface area contributed by atoms with Gasteiger partial charge in [-0.1, -0.05) is 18.2 Å². The number of methoxy groups -OCH3 is 3. The summed E-state index contributed by atoms with van der Waals surface area (Å²) in [7, 11) is 4.68. The van der Waals surface area contributed by atoms with E-state index in [2.05, 4.69) is 5.32 Å². The van der Waals surface area contributed by atoms with E-state index in [1.807, 2.05) is 24.3 Å². The van der Waals surface area contributed by atoms with Gasteiger partial charge in [0.25, 0.3) is 5.91 Å².